The highest BCUT2D eigenvalue weighted by Crippen LogP contribution is 2.36. The van der Waals surface area contributed by atoms with Crippen LogP contribution in [0.5, 0.6) is 0 Å². The Balaban J connectivity index is 1.50. The first-order valence-electron chi connectivity index (χ1n) is 9.52. The van der Waals surface area contributed by atoms with E-state index in [0.717, 1.165) is 18.6 Å². The first kappa shape index (κ1) is 19.3. The van der Waals surface area contributed by atoms with Crippen molar-refractivity contribution in [1.82, 2.24) is 15.1 Å². The van der Waals surface area contributed by atoms with Crippen LogP contribution in [0.1, 0.15) is 45.9 Å². The van der Waals surface area contributed by atoms with E-state index in [1.54, 1.807) is 36.6 Å². The molecular formula is C21H20F3N3O2. The minimum atomic E-state index is -4.47. The van der Waals surface area contributed by atoms with Crippen molar-refractivity contribution in [3.63, 3.8) is 0 Å². The fourth-order valence-corrected chi connectivity index (χ4v) is 3.65. The highest BCUT2D eigenvalue weighted by molar-refractivity contribution is 5.94. The number of alkyl halides is 3. The number of rotatable bonds is 5. The molecular weight excluding hydrogens is 383 g/mol. The SMILES string of the molecule is O=C(NCCc1ccco1)c1ccc(-n2nc(C(F)(F)F)c3c2CCCC3)cc1. The molecule has 0 unspecified atom stereocenters. The molecule has 5 nitrogen and oxygen atoms in total. The van der Waals surface area contributed by atoms with Crippen LogP contribution in [0, 0.1) is 0 Å². The molecule has 2 aromatic heterocycles. The van der Waals surface area contributed by atoms with E-state index in [1.165, 1.54) is 4.68 Å². The maximum absolute atomic E-state index is 13.4. The molecule has 0 fully saturated rings. The van der Waals surface area contributed by atoms with Gasteiger partial charge in [-0.05, 0) is 62.1 Å². The van der Waals surface area contributed by atoms with Gasteiger partial charge in [0, 0.05) is 29.8 Å². The van der Waals surface area contributed by atoms with E-state index < -0.39 is 11.9 Å². The molecule has 29 heavy (non-hydrogen) atoms. The minimum absolute atomic E-state index is 0.249. The van der Waals surface area contributed by atoms with Crippen molar-refractivity contribution in [2.45, 2.75) is 38.3 Å². The fraction of sp³-hybridized carbons (Fsp3) is 0.333. The van der Waals surface area contributed by atoms with Crippen molar-refractivity contribution in [2.75, 3.05) is 6.54 Å². The van der Waals surface area contributed by atoms with Crippen LogP contribution in [0.2, 0.25) is 0 Å². The van der Waals surface area contributed by atoms with Gasteiger partial charge in [0.1, 0.15) is 5.76 Å². The number of amides is 1. The molecule has 4 rings (SSSR count). The van der Waals surface area contributed by atoms with Crippen LogP contribution in [-0.4, -0.2) is 22.2 Å². The molecule has 0 bridgehead atoms. The molecule has 0 radical (unpaired) electrons. The molecule has 152 valence electrons. The Labute approximate surface area is 165 Å². The number of nitrogens with one attached hydrogen (secondary N) is 1. The van der Waals surface area contributed by atoms with Crippen LogP contribution in [0.3, 0.4) is 0 Å². The third-order valence-electron chi connectivity index (χ3n) is 5.06. The minimum Gasteiger partial charge on any atom is -0.469 e. The zero-order valence-electron chi connectivity index (χ0n) is 15.6. The third kappa shape index (κ3) is 4.06. The largest absolute Gasteiger partial charge is 0.469 e. The second-order valence-electron chi connectivity index (χ2n) is 7.02. The number of fused-ring (bicyclic) bond motifs is 1. The summed E-state index contributed by atoms with van der Waals surface area (Å²) in [5.41, 5.74) is 1.06. The van der Waals surface area contributed by atoms with Crippen LogP contribution >= 0.6 is 0 Å². The molecule has 1 amide bonds. The van der Waals surface area contributed by atoms with Crippen LogP contribution in [0.25, 0.3) is 5.69 Å². The van der Waals surface area contributed by atoms with Gasteiger partial charge in [-0.15, -0.1) is 0 Å². The average Bonchev–Trinajstić information content (AvgIpc) is 3.35. The molecule has 3 aromatic rings. The summed E-state index contributed by atoms with van der Waals surface area (Å²) in [4.78, 5) is 12.3. The molecule has 1 N–H and O–H groups in total. The lowest BCUT2D eigenvalue weighted by atomic mass is 9.95. The van der Waals surface area contributed by atoms with Gasteiger partial charge < -0.3 is 9.73 Å². The Hall–Kier alpha value is -3.03. The van der Waals surface area contributed by atoms with Gasteiger partial charge in [0.15, 0.2) is 5.69 Å². The summed E-state index contributed by atoms with van der Waals surface area (Å²) in [5.74, 6) is 0.533. The standard InChI is InChI=1S/C21H20F3N3O2/c22-21(23,24)19-17-5-1-2-6-18(17)27(26-19)15-9-7-14(8-10-15)20(28)25-12-11-16-4-3-13-29-16/h3-4,7-10,13H,1-2,5-6,11-12H2,(H,25,28). The van der Waals surface area contributed by atoms with Crippen LogP contribution in [0.4, 0.5) is 13.2 Å². The number of furan rings is 1. The predicted molar refractivity (Wildman–Crippen MR) is 100.0 cm³/mol. The number of benzene rings is 1. The fourth-order valence-electron chi connectivity index (χ4n) is 3.65. The summed E-state index contributed by atoms with van der Waals surface area (Å²) < 4.78 is 46.7. The van der Waals surface area contributed by atoms with Crippen molar-refractivity contribution >= 4 is 5.91 Å². The molecule has 1 aliphatic rings. The summed E-state index contributed by atoms with van der Waals surface area (Å²) in [5, 5.41) is 6.67. The van der Waals surface area contributed by atoms with Crippen molar-refractivity contribution < 1.29 is 22.4 Å². The summed E-state index contributed by atoms with van der Waals surface area (Å²) in [6.07, 6.45) is 0.212. The van der Waals surface area contributed by atoms with Gasteiger partial charge in [-0.1, -0.05) is 0 Å². The Bertz CT molecular complexity index is 990. The van der Waals surface area contributed by atoms with Crippen molar-refractivity contribution in [3.8, 4) is 5.69 Å². The third-order valence-corrected chi connectivity index (χ3v) is 5.06. The Morgan fingerprint density at radius 2 is 1.90 bits per heavy atom. The monoisotopic (exact) mass is 403 g/mol. The van der Waals surface area contributed by atoms with Gasteiger partial charge in [-0.25, -0.2) is 4.68 Å². The van der Waals surface area contributed by atoms with E-state index >= 15 is 0 Å². The molecule has 0 saturated heterocycles. The van der Waals surface area contributed by atoms with Crippen molar-refractivity contribution in [3.05, 3.63) is 70.9 Å². The molecule has 0 aliphatic heterocycles. The smallest absolute Gasteiger partial charge is 0.435 e. The molecule has 1 aromatic carbocycles. The first-order chi connectivity index (χ1) is 13.9. The van der Waals surface area contributed by atoms with Gasteiger partial charge >= 0.3 is 6.18 Å². The summed E-state index contributed by atoms with van der Waals surface area (Å²) in [7, 11) is 0. The molecule has 2 heterocycles. The normalized spacial score (nSPS) is 13.9. The first-order valence-corrected chi connectivity index (χ1v) is 9.52. The van der Waals surface area contributed by atoms with E-state index in [2.05, 4.69) is 10.4 Å². The van der Waals surface area contributed by atoms with E-state index in [1.807, 2.05) is 6.07 Å². The topological polar surface area (TPSA) is 60.1 Å². The van der Waals surface area contributed by atoms with Gasteiger partial charge in [-0.2, -0.15) is 18.3 Å². The maximum Gasteiger partial charge on any atom is 0.435 e. The number of nitrogens with zero attached hydrogens (tertiary/aromatic N) is 2. The van der Waals surface area contributed by atoms with Crippen LogP contribution in [-0.2, 0) is 25.4 Å². The Morgan fingerprint density at radius 1 is 1.14 bits per heavy atom. The number of carbonyl (C=O) groups excluding carboxylic acids is 1. The maximum atomic E-state index is 13.4. The number of hydrogen-bond donors (Lipinski definition) is 1. The molecule has 0 atom stereocenters. The lowest BCUT2D eigenvalue weighted by Crippen LogP contribution is -2.25. The molecule has 0 spiro atoms. The number of aromatic nitrogens is 2. The van der Waals surface area contributed by atoms with Crippen molar-refractivity contribution in [2.24, 2.45) is 0 Å². The predicted octanol–water partition coefficient (Wildman–Crippen LogP) is 4.34. The molecule has 0 saturated carbocycles. The van der Waals surface area contributed by atoms with E-state index in [-0.39, 0.29) is 5.91 Å². The number of halogens is 3. The second-order valence-corrected chi connectivity index (χ2v) is 7.02. The Morgan fingerprint density at radius 3 is 2.59 bits per heavy atom. The lowest BCUT2D eigenvalue weighted by molar-refractivity contribution is -0.142. The molecule has 1 aliphatic carbocycles. The van der Waals surface area contributed by atoms with Gasteiger partial charge in [0.25, 0.3) is 5.91 Å². The zero-order valence-corrected chi connectivity index (χ0v) is 15.6. The highest BCUT2D eigenvalue weighted by atomic mass is 19.4. The summed E-state index contributed by atoms with van der Waals surface area (Å²) in [6.45, 7) is 0.426. The zero-order chi connectivity index (χ0) is 20.4. The van der Waals surface area contributed by atoms with E-state index in [0.29, 0.717) is 48.3 Å². The van der Waals surface area contributed by atoms with E-state index in [9.17, 15) is 18.0 Å². The number of carbonyl (C=O) groups is 1. The quantitative estimate of drug-likeness (QED) is 0.690. The second kappa shape index (κ2) is 7.77. The molecule has 8 heteroatoms. The summed E-state index contributed by atoms with van der Waals surface area (Å²) in [6, 6.07) is 10.1. The average molecular weight is 403 g/mol. The van der Waals surface area contributed by atoms with Gasteiger partial charge in [0.05, 0.1) is 12.0 Å². The van der Waals surface area contributed by atoms with Crippen molar-refractivity contribution in [1.29, 1.82) is 0 Å². The van der Waals surface area contributed by atoms with E-state index in [4.69, 9.17) is 4.42 Å². The number of hydrogen-bond acceptors (Lipinski definition) is 3. The Kier molecular flexibility index (Phi) is 5.17. The van der Waals surface area contributed by atoms with Crippen LogP contribution in [0.15, 0.2) is 47.1 Å². The van der Waals surface area contributed by atoms with Crippen LogP contribution < -0.4 is 5.32 Å². The van der Waals surface area contributed by atoms with Gasteiger partial charge in [-0.3, -0.25) is 4.79 Å². The summed E-state index contributed by atoms with van der Waals surface area (Å²) >= 11 is 0. The lowest BCUT2D eigenvalue weighted by Gasteiger charge is -2.15. The highest BCUT2D eigenvalue weighted by Gasteiger charge is 2.39. The van der Waals surface area contributed by atoms with Gasteiger partial charge in [0.2, 0.25) is 0 Å².